The Morgan fingerprint density at radius 1 is 0.809 bits per heavy atom. The van der Waals surface area contributed by atoms with Crippen LogP contribution in [0.2, 0.25) is 0 Å². The number of piperidine rings is 2. The molecule has 12 bridgehead atoms. The number of nitrogens with zero attached hydrogens (tertiary/aromatic N) is 2. The summed E-state index contributed by atoms with van der Waals surface area (Å²) in [6.07, 6.45) is 27.5. The molecule has 18 atom stereocenters. The Labute approximate surface area is 283 Å². The fourth-order valence-corrected chi connectivity index (χ4v) is 21.5. The van der Waals surface area contributed by atoms with Gasteiger partial charge in [0.05, 0.1) is 18.3 Å². The SMILES string of the molecule is CN1C[C@]2(C)CCC[C@@]34[C@@H]2CC[C@@]25C[C@@]6(CC[C@@]78[C@@H]9C=C%10[C@@](CC[C@@H]%11[C@@]%12(C)CCC[C@@]%10%11[C@H]%10OCCN%10C%12)(C[C@@H]97)[C@@H]8O6)[C@@H](C[C@@H]2[C@@H]13)C[C@H]54. The zero-order valence-corrected chi connectivity index (χ0v) is 29.7. The van der Waals surface area contributed by atoms with E-state index in [1.807, 2.05) is 5.57 Å². The van der Waals surface area contributed by atoms with Gasteiger partial charge in [0, 0.05) is 41.9 Å². The molecule has 0 unspecified atom stereocenters. The molecule has 5 spiro atoms. The van der Waals surface area contributed by atoms with Crippen molar-refractivity contribution in [3.8, 4) is 0 Å². The summed E-state index contributed by atoms with van der Waals surface area (Å²) < 4.78 is 15.2. The van der Waals surface area contributed by atoms with Crippen molar-refractivity contribution >= 4 is 0 Å². The molecular formula is C43H60N2O2. The molecule has 47 heavy (non-hydrogen) atoms. The van der Waals surface area contributed by atoms with Gasteiger partial charge in [-0.25, -0.2) is 0 Å². The van der Waals surface area contributed by atoms with Gasteiger partial charge in [0.15, 0.2) is 0 Å². The van der Waals surface area contributed by atoms with Gasteiger partial charge in [-0.3, -0.25) is 4.90 Å². The van der Waals surface area contributed by atoms with Crippen LogP contribution in [0.3, 0.4) is 0 Å². The highest BCUT2D eigenvalue weighted by molar-refractivity contribution is 5.49. The highest BCUT2D eigenvalue weighted by atomic mass is 16.5. The highest BCUT2D eigenvalue weighted by Crippen LogP contribution is 2.90. The minimum absolute atomic E-state index is 0.186. The zero-order valence-electron chi connectivity index (χ0n) is 29.7. The molecule has 12 aliphatic carbocycles. The zero-order chi connectivity index (χ0) is 30.8. The average Bonchev–Trinajstić information content (AvgIpc) is 3.23. The average molecular weight is 637 g/mol. The fraction of sp³-hybridized carbons (Fsp3) is 0.953. The number of allylic oxidation sites excluding steroid dienone is 1. The van der Waals surface area contributed by atoms with Gasteiger partial charge in [0.25, 0.3) is 0 Å². The lowest BCUT2D eigenvalue weighted by Gasteiger charge is -2.72. The predicted molar refractivity (Wildman–Crippen MR) is 180 cm³/mol. The van der Waals surface area contributed by atoms with Gasteiger partial charge in [-0.15, -0.1) is 0 Å². The third-order valence-electron chi connectivity index (χ3n) is 21.9. The summed E-state index contributed by atoms with van der Waals surface area (Å²) >= 11 is 0. The van der Waals surface area contributed by atoms with E-state index < -0.39 is 0 Å². The van der Waals surface area contributed by atoms with E-state index in [1.165, 1.54) is 96.6 Å². The molecule has 0 amide bonds. The fourth-order valence-electron chi connectivity index (χ4n) is 21.5. The van der Waals surface area contributed by atoms with Crippen molar-refractivity contribution in [1.82, 2.24) is 9.80 Å². The molecule has 14 fully saturated rings. The topological polar surface area (TPSA) is 24.9 Å². The van der Waals surface area contributed by atoms with Crippen LogP contribution >= 0.6 is 0 Å². The van der Waals surface area contributed by atoms with Crippen molar-refractivity contribution in [1.29, 1.82) is 0 Å². The van der Waals surface area contributed by atoms with Crippen LogP contribution in [-0.4, -0.2) is 67.1 Å². The number of rotatable bonds is 0. The van der Waals surface area contributed by atoms with E-state index in [0.717, 1.165) is 60.6 Å². The molecule has 10 saturated carbocycles. The van der Waals surface area contributed by atoms with E-state index in [1.54, 1.807) is 19.3 Å². The standard InChI is InChI=1S/C43H60N2O2/c1-36-8-4-10-42-29(36)7-13-39-22-40(25(19-31(39)42)18-27(39)33(42)44(3)23-36)14-15-41-26-20-32-38(21-28(26)41,34(41)47-40)12-6-30-37(2)9-5-11-43(30,32)35-45(24-37)16-17-46-35/h20,25-31,33-35H,4-19,21-24H2,1-3H3/t25-,26+,27+,28-,29+,30+,31+,33+,34-,35+,36-,37-,38+,39+,40-,41+,42-,43-/m0/s1. The van der Waals surface area contributed by atoms with Gasteiger partial charge in [-0.05, 0) is 160 Å². The summed E-state index contributed by atoms with van der Waals surface area (Å²) in [5.74, 6) is 6.36. The first kappa shape index (κ1) is 27.3. The summed E-state index contributed by atoms with van der Waals surface area (Å²) in [7, 11) is 2.57. The number of ether oxygens (including phenoxy) is 2. The number of likely N-dealkylation sites (tertiary alicyclic amines) is 1. The summed E-state index contributed by atoms with van der Waals surface area (Å²) in [6.45, 7) is 10.2. The van der Waals surface area contributed by atoms with Crippen LogP contribution in [0.25, 0.3) is 0 Å². The van der Waals surface area contributed by atoms with E-state index in [-0.39, 0.29) is 11.0 Å². The normalized spacial score (nSPS) is 70.5. The Morgan fingerprint density at radius 2 is 1.66 bits per heavy atom. The molecule has 254 valence electrons. The lowest BCUT2D eigenvalue weighted by atomic mass is 9.38. The first-order valence-corrected chi connectivity index (χ1v) is 21.2. The van der Waals surface area contributed by atoms with Gasteiger partial charge in [0.2, 0.25) is 0 Å². The number of fused-ring (bicyclic) bond motifs is 1. The van der Waals surface area contributed by atoms with E-state index in [2.05, 4.69) is 36.8 Å². The lowest BCUT2D eigenvalue weighted by molar-refractivity contribution is -0.292. The Morgan fingerprint density at radius 3 is 2.57 bits per heavy atom. The molecule has 4 heteroatoms. The molecule has 4 nitrogen and oxygen atoms in total. The van der Waals surface area contributed by atoms with Crippen molar-refractivity contribution < 1.29 is 9.47 Å². The summed E-state index contributed by atoms with van der Waals surface area (Å²) in [5, 5.41) is 0. The van der Waals surface area contributed by atoms with Gasteiger partial charge < -0.3 is 14.4 Å². The van der Waals surface area contributed by atoms with Crippen molar-refractivity contribution in [2.45, 2.75) is 141 Å². The van der Waals surface area contributed by atoms with Crippen molar-refractivity contribution in [3.63, 3.8) is 0 Å². The largest absolute Gasteiger partial charge is 0.370 e. The van der Waals surface area contributed by atoms with E-state index >= 15 is 0 Å². The molecule has 4 heterocycles. The minimum Gasteiger partial charge on any atom is -0.370 e. The third-order valence-corrected chi connectivity index (χ3v) is 21.9. The Bertz CT molecular complexity index is 1580. The van der Waals surface area contributed by atoms with Gasteiger partial charge in [-0.2, -0.15) is 0 Å². The van der Waals surface area contributed by atoms with E-state index in [9.17, 15) is 0 Å². The number of hydrogen-bond acceptors (Lipinski definition) is 4. The molecule has 0 N–H and O–H groups in total. The molecule has 4 aliphatic heterocycles. The molecule has 16 rings (SSSR count). The third kappa shape index (κ3) is 2.43. The monoisotopic (exact) mass is 636 g/mol. The predicted octanol–water partition coefficient (Wildman–Crippen LogP) is 7.67. The molecule has 0 radical (unpaired) electrons. The Hall–Kier alpha value is -0.420. The molecule has 16 aliphatic rings. The van der Waals surface area contributed by atoms with Crippen LogP contribution in [0, 0.1) is 79.3 Å². The summed E-state index contributed by atoms with van der Waals surface area (Å²) in [4.78, 5) is 5.81. The van der Waals surface area contributed by atoms with Crippen LogP contribution in [0.4, 0.5) is 0 Å². The second kappa shape index (κ2) is 7.54. The summed E-state index contributed by atoms with van der Waals surface area (Å²) in [5.41, 5.74) is 5.48. The minimum atomic E-state index is 0.186. The van der Waals surface area contributed by atoms with Gasteiger partial charge >= 0.3 is 0 Å². The first-order valence-electron chi connectivity index (χ1n) is 21.2. The Kier molecular flexibility index (Phi) is 4.38. The van der Waals surface area contributed by atoms with Crippen LogP contribution < -0.4 is 0 Å². The molecule has 0 aromatic heterocycles. The molecular weight excluding hydrogens is 576 g/mol. The van der Waals surface area contributed by atoms with Crippen molar-refractivity contribution in [3.05, 3.63) is 11.6 Å². The van der Waals surface area contributed by atoms with Crippen molar-refractivity contribution in [2.75, 3.05) is 33.3 Å². The summed E-state index contributed by atoms with van der Waals surface area (Å²) in [6, 6.07) is 0.879. The van der Waals surface area contributed by atoms with Crippen LogP contribution in [-0.2, 0) is 9.47 Å². The van der Waals surface area contributed by atoms with Gasteiger partial charge in [-0.1, -0.05) is 38.3 Å². The van der Waals surface area contributed by atoms with Crippen molar-refractivity contribution in [2.24, 2.45) is 79.3 Å². The van der Waals surface area contributed by atoms with Crippen LogP contribution in [0.1, 0.15) is 117 Å². The van der Waals surface area contributed by atoms with E-state index in [0.29, 0.717) is 44.8 Å². The molecule has 4 saturated heterocycles. The second-order valence-corrected chi connectivity index (χ2v) is 22.4. The smallest absolute Gasteiger partial charge is 0.120 e. The lowest BCUT2D eigenvalue weighted by Crippen LogP contribution is -2.71. The van der Waals surface area contributed by atoms with Gasteiger partial charge in [0.1, 0.15) is 6.23 Å². The maximum atomic E-state index is 8.32. The maximum absolute atomic E-state index is 8.32. The molecule has 0 aromatic carbocycles. The molecule has 0 aromatic rings. The van der Waals surface area contributed by atoms with Crippen LogP contribution in [0.5, 0.6) is 0 Å². The Balaban J connectivity index is 0.874. The maximum Gasteiger partial charge on any atom is 0.120 e. The van der Waals surface area contributed by atoms with E-state index in [4.69, 9.17) is 9.47 Å². The second-order valence-electron chi connectivity index (χ2n) is 22.4. The number of hydrogen-bond donors (Lipinski definition) is 0. The quantitative estimate of drug-likeness (QED) is 0.255. The van der Waals surface area contributed by atoms with Crippen LogP contribution in [0.15, 0.2) is 11.6 Å². The first-order chi connectivity index (χ1) is 22.7. The highest BCUT2D eigenvalue weighted by Gasteiger charge is 2.88.